The monoisotopic (exact) mass is 340 g/mol. The Morgan fingerprint density at radius 3 is 2.71 bits per heavy atom. The molecule has 2 aromatic heterocycles. The molecule has 0 fully saturated rings. The van der Waals surface area contributed by atoms with Gasteiger partial charge in [-0.2, -0.15) is 0 Å². The predicted molar refractivity (Wildman–Crippen MR) is 93.8 cm³/mol. The first-order valence-corrected chi connectivity index (χ1v) is 8.22. The van der Waals surface area contributed by atoms with Crippen LogP contribution >= 0.6 is 11.3 Å². The van der Waals surface area contributed by atoms with Gasteiger partial charge in [0.15, 0.2) is 5.13 Å². The second-order valence-corrected chi connectivity index (χ2v) is 6.07. The Balaban J connectivity index is 1.51. The minimum absolute atomic E-state index is 0.152. The highest BCUT2D eigenvalue weighted by Gasteiger charge is 2.10. The molecule has 0 saturated heterocycles. The molecule has 0 aliphatic heterocycles. The first kappa shape index (κ1) is 15.9. The molecule has 3 N–H and O–H groups in total. The Morgan fingerprint density at radius 1 is 1.12 bits per heavy atom. The van der Waals surface area contributed by atoms with Crippen molar-refractivity contribution in [2.75, 3.05) is 11.9 Å². The van der Waals surface area contributed by atoms with Crippen molar-refractivity contribution in [2.45, 2.75) is 6.42 Å². The van der Waals surface area contributed by atoms with E-state index in [1.165, 1.54) is 11.3 Å². The maximum atomic E-state index is 12.1. The fourth-order valence-corrected chi connectivity index (χ4v) is 2.79. The van der Waals surface area contributed by atoms with Crippen molar-refractivity contribution in [3.05, 3.63) is 65.3 Å². The molecule has 0 aliphatic carbocycles. The molecule has 122 valence electrons. The highest BCUT2D eigenvalue weighted by atomic mass is 32.1. The number of rotatable bonds is 6. The Hall–Kier alpha value is -2.93. The molecule has 0 aliphatic rings. The van der Waals surface area contributed by atoms with Crippen molar-refractivity contribution >= 4 is 28.2 Å². The highest BCUT2D eigenvalue weighted by Crippen LogP contribution is 2.21. The van der Waals surface area contributed by atoms with Gasteiger partial charge >= 0.3 is 0 Å². The number of carbonyl (C=O) groups excluding carboxylic acids is 1. The van der Waals surface area contributed by atoms with Crippen molar-refractivity contribution in [3.8, 4) is 5.75 Å². The third kappa shape index (κ3) is 4.30. The molecule has 3 rings (SSSR count). The fraction of sp³-hybridized carbons (Fsp3) is 0.118. The van der Waals surface area contributed by atoms with Crippen molar-refractivity contribution in [3.63, 3.8) is 0 Å². The number of hydrogen-bond donors (Lipinski definition) is 3. The summed E-state index contributed by atoms with van der Waals surface area (Å²) in [5.41, 5.74) is 1.05. The molecular formula is C17H16N4O2S. The van der Waals surface area contributed by atoms with E-state index >= 15 is 0 Å². The molecule has 1 aromatic carbocycles. The smallest absolute Gasteiger partial charge is 0.263 e. The van der Waals surface area contributed by atoms with E-state index in [0.29, 0.717) is 28.8 Å². The summed E-state index contributed by atoms with van der Waals surface area (Å²) in [4.78, 5) is 21.0. The average Bonchev–Trinajstić information content (AvgIpc) is 3.06. The van der Waals surface area contributed by atoms with E-state index in [1.54, 1.807) is 24.5 Å². The van der Waals surface area contributed by atoms with Crippen molar-refractivity contribution in [2.24, 2.45) is 0 Å². The number of thiazole rings is 1. The minimum atomic E-state index is -0.152. The number of hydrogen-bond acceptors (Lipinski definition) is 6. The topological polar surface area (TPSA) is 87.1 Å². The van der Waals surface area contributed by atoms with Crippen molar-refractivity contribution in [1.82, 2.24) is 15.3 Å². The molecule has 0 atom stereocenters. The van der Waals surface area contributed by atoms with Gasteiger partial charge in [0.05, 0.1) is 6.20 Å². The Morgan fingerprint density at radius 2 is 1.96 bits per heavy atom. The summed E-state index contributed by atoms with van der Waals surface area (Å²) >= 11 is 1.28. The lowest BCUT2D eigenvalue weighted by atomic mass is 10.1. The number of anilines is 2. The molecule has 6 nitrogen and oxygen atoms in total. The quantitative estimate of drug-likeness (QED) is 0.642. The van der Waals surface area contributed by atoms with E-state index in [-0.39, 0.29) is 11.7 Å². The van der Waals surface area contributed by atoms with Crippen LogP contribution < -0.4 is 10.6 Å². The standard InChI is InChI=1S/C17H16N4O2S/c22-13-6-4-12(5-7-13)8-10-19-16(23)14-11-20-17(24-14)21-15-3-1-2-9-18-15/h1-7,9,11,22H,8,10H2,(H,19,23)(H,18,20,21). The molecule has 3 aromatic rings. The van der Waals surface area contributed by atoms with Gasteiger partial charge < -0.3 is 15.7 Å². The Bertz CT molecular complexity index is 803. The number of aromatic nitrogens is 2. The number of nitrogens with one attached hydrogen (secondary N) is 2. The van der Waals surface area contributed by atoms with E-state index in [4.69, 9.17) is 0 Å². The number of pyridine rings is 1. The van der Waals surface area contributed by atoms with Crippen molar-refractivity contribution < 1.29 is 9.90 Å². The SMILES string of the molecule is O=C(NCCc1ccc(O)cc1)c1cnc(Nc2ccccn2)s1. The van der Waals surface area contributed by atoms with E-state index < -0.39 is 0 Å². The number of benzene rings is 1. The van der Waals surface area contributed by atoms with Gasteiger partial charge in [-0.3, -0.25) is 4.79 Å². The second kappa shape index (κ2) is 7.56. The summed E-state index contributed by atoms with van der Waals surface area (Å²) in [5.74, 6) is 0.770. The molecule has 0 spiro atoms. The normalized spacial score (nSPS) is 10.3. The van der Waals surface area contributed by atoms with Gasteiger partial charge in [-0.15, -0.1) is 0 Å². The van der Waals surface area contributed by atoms with E-state index in [1.807, 2.05) is 30.3 Å². The van der Waals surface area contributed by atoms with Gasteiger partial charge in [0.1, 0.15) is 16.4 Å². The number of aromatic hydroxyl groups is 1. The zero-order valence-corrected chi connectivity index (χ0v) is 13.6. The molecule has 2 heterocycles. The highest BCUT2D eigenvalue weighted by molar-refractivity contribution is 7.17. The Kier molecular flexibility index (Phi) is 5.02. The Labute approximate surface area is 143 Å². The van der Waals surface area contributed by atoms with E-state index in [9.17, 15) is 9.90 Å². The third-order valence-electron chi connectivity index (χ3n) is 3.26. The molecular weight excluding hydrogens is 324 g/mol. The summed E-state index contributed by atoms with van der Waals surface area (Å²) in [7, 11) is 0. The van der Waals surface area contributed by atoms with E-state index in [2.05, 4.69) is 20.6 Å². The van der Waals surface area contributed by atoms with Gasteiger partial charge in [-0.25, -0.2) is 9.97 Å². The van der Waals surface area contributed by atoms with Crippen LogP contribution in [0.15, 0.2) is 54.9 Å². The summed E-state index contributed by atoms with van der Waals surface area (Å²) in [6.45, 7) is 0.518. The van der Waals surface area contributed by atoms with Crippen LogP contribution in [-0.2, 0) is 6.42 Å². The van der Waals surface area contributed by atoms with Gasteiger partial charge in [-0.05, 0) is 36.2 Å². The number of nitrogens with zero attached hydrogens (tertiary/aromatic N) is 2. The molecule has 0 bridgehead atoms. The maximum absolute atomic E-state index is 12.1. The van der Waals surface area contributed by atoms with Crippen LogP contribution in [0.5, 0.6) is 5.75 Å². The lowest BCUT2D eigenvalue weighted by Crippen LogP contribution is -2.24. The lowest BCUT2D eigenvalue weighted by molar-refractivity contribution is 0.0958. The van der Waals surface area contributed by atoms with Crippen molar-refractivity contribution in [1.29, 1.82) is 0 Å². The summed E-state index contributed by atoms with van der Waals surface area (Å²) in [6, 6.07) is 12.5. The molecule has 0 unspecified atom stereocenters. The second-order valence-electron chi connectivity index (χ2n) is 5.04. The summed E-state index contributed by atoms with van der Waals surface area (Å²) in [5, 5.41) is 15.8. The predicted octanol–water partition coefficient (Wildman–Crippen LogP) is 2.96. The molecule has 7 heteroatoms. The minimum Gasteiger partial charge on any atom is -0.508 e. The molecule has 1 amide bonds. The van der Waals surface area contributed by atoms with E-state index in [0.717, 1.165) is 5.56 Å². The van der Waals surface area contributed by atoms with Crippen LogP contribution in [-0.4, -0.2) is 27.5 Å². The summed E-state index contributed by atoms with van der Waals surface area (Å²) in [6.07, 6.45) is 3.93. The first-order chi connectivity index (χ1) is 11.7. The molecule has 24 heavy (non-hydrogen) atoms. The fourth-order valence-electron chi connectivity index (χ4n) is 2.05. The average molecular weight is 340 g/mol. The van der Waals surface area contributed by atoms with Crippen LogP contribution in [0.25, 0.3) is 0 Å². The van der Waals surface area contributed by atoms with Crippen LogP contribution in [0.3, 0.4) is 0 Å². The van der Waals surface area contributed by atoms with Gasteiger partial charge in [0, 0.05) is 12.7 Å². The number of amides is 1. The maximum Gasteiger partial charge on any atom is 0.263 e. The van der Waals surface area contributed by atoms with Crippen LogP contribution in [0.1, 0.15) is 15.2 Å². The lowest BCUT2D eigenvalue weighted by Gasteiger charge is -2.04. The molecule has 0 radical (unpaired) electrons. The number of phenols is 1. The van der Waals surface area contributed by atoms with Crippen LogP contribution in [0.2, 0.25) is 0 Å². The summed E-state index contributed by atoms with van der Waals surface area (Å²) < 4.78 is 0. The van der Waals surface area contributed by atoms with Crippen LogP contribution in [0.4, 0.5) is 10.9 Å². The number of carbonyl (C=O) groups is 1. The van der Waals surface area contributed by atoms with Crippen LogP contribution in [0, 0.1) is 0 Å². The largest absolute Gasteiger partial charge is 0.508 e. The van der Waals surface area contributed by atoms with Gasteiger partial charge in [0.2, 0.25) is 0 Å². The van der Waals surface area contributed by atoms with Gasteiger partial charge in [0.25, 0.3) is 5.91 Å². The zero-order valence-electron chi connectivity index (χ0n) is 12.8. The zero-order chi connectivity index (χ0) is 16.8. The van der Waals surface area contributed by atoms with Gasteiger partial charge in [-0.1, -0.05) is 29.5 Å². The first-order valence-electron chi connectivity index (χ1n) is 7.41. The number of phenolic OH excluding ortho intramolecular Hbond substituents is 1. The molecule has 0 saturated carbocycles. The third-order valence-corrected chi connectivity index (χ3v) is 4.18.